The molecule has 0 atom stereocenters. The predicted octanol–water partition coefficient (Wildman–Crippen LogP) is 4.31. The van der Waals surface area contributed by atoms with Crippen LogP contribution in [0.15, 0.2) is 54.6 Å². The van der Waals surface area contributed by atoms with Crippen LogP contribution in [0.5, 0.6) is 0 Å². The highest BCUT2D eigenvalue weighted by molar-refractivity contribution is 6.18. The van der Waals surface area contributed by atoms with E-state index < -0.39 is 0 Å². The minimum Gasteiger partial charge on any atom is -0.326 e. The van der Waals surface area contributed by atoms with E-state index in [4.69, 9.17) is 11.6 Å². The van der Waals surface area contributed by atoms with Gasteiger partial charge in [0.2, 0.25) is 5.91 Å². The van der Waals surface area contributed by atoms with Gasteiger partial charge >= 0.3 is 0 Å². The van der Waals surface area contributed by atoms with E-state index in [9.17, 15) is 9.59 Å². The van der Waals surface area contributed by atoms with Crippen molar-refractivity contribution in [2.75, 3.05) is 22.6 Å². The molecule has 126 valence electrons. The van der Waals surface area contributed by atoms with E-state index in [2.05, 4.69) is 5.32 Å². The summed E-state index contributed by atoms with van der Waals surface area (Å²) in [6.07, 6.45) is 1.04. The molecule has 4 nitrogen and oxygen atoms in total. The average molecular weight is 345 g/mol. The number of carbonyl (C=O) groups excluding carboxylic acids is 2. The van der Waals surface area contributed by atoms with E-state index in [1.165, 1.54) is 0 Å². The summed E-state index contributed by atoms with van der Waals surface area (Å²) < 4.78 is 0. The lowest BCUT2D eigenvalue weighted by Crippen LogP contribution is -2.30. The summed E-state index contributed by atoms with van der Waals surface area (Å²) >= 11 is 5.58. The lowest BCUT2D eigenvalue weighted by atomic mass is 10.1. The fourth-order valence-corrected chi connectivity index (χ4v) is 2.49. The first-order chi connectivity index (χ1) is 11.7. The zero-order valence-corrected chi connectivity index (χ0v) is 14.4. The van der Waals surface area contributed by atoms with Crippen molar-refractivity contribution in [3.63, 3.8) is 0 Å². The first-order valence-corrected chi connectivity index (χ1v) is 8.52. The Bertz CT molecular complexity index is 672. The number of benzene rings is 2. The van der Waals surface area contributed by atoms with Crippen LogP contribution in [-0.2, 0) is 4.79 Å². The van der Waals surface area contributed by atoms with E-state index in [-0.39, 0.29) is 11.8 Å². The Morgan fingerprint density at radius 2 is 1.71 bits per heavy atom. The number of amides is 2. The zero-order valence-electron chi connectivity index (χ0n) is 13.7. The summed E-state index contributed by atoms with van der Waals surface area (Å²) in [6.45, 7) is 2.52. The maximum Gasteiger partial charge on any atom is 0.258 e. The van der Waals surface area contributed by atoms with Crippen molar-refractivity contribution >= 4 is 34.8 Å². The highest BCUT2D eigenvalue weighted by atomic mass is 35.5. The molecule has 0 aliphatic heterocycles. The molecule has 2 rings (SSSR count). The second-order valence-electron chi connectivity index (χ2n) is 5.30. The summed E-state index contributed by atoms with van der Waals surface area (Å²) in [5.74, 6) is 0.325. The molecular weight excluding hydrogens is 324 g/mol. The Labute approximate surface area is 147 Å². The third kappa shape index (κ3) is 4.83. The van der Waals surface area contributed by atoms with Gasteiger partial charge in [0.1, 0.15) is 0 Å². The maximum atomic E-state index is 12.7. The van der Waals surface area contributed by atoms with Gasteiger partial charge in [0.25, 0.3) is 5.91 Å². The van der Waals surface area contributed by atoms with Crippen molar-refractivity contribution in [1.29, 1.82) is 0 Å². The van der Waals surface area contributed by atoms with Gasteiger partial charge in [-0.3, -0.25) is 9.59 Å². The van der Waals surface area contributed by atoms with Crippen molar-refractivity contribution in [3.8, 4) is 0 Å². The standard InChI is InChI=1S/C19H21ClN2O2/c1-2-22(17-7-4-3-5-8-17)19(24)15-10-12-16(13-11-15)21-18(23)9-6-14-20/h3-5,7-8,10-13H,2,6,9,14H2,1H3,(H,21,23). The number of carbonyl (C=O) groups is 2. The number of para-hydroxylation sites is 1. The fraction of sp³-hybridized carbons (Fsp3) is 0.263. The molecule has 0 fully saturated rings. The number of halogens is 1. The smallest absolute Gasteiger partial charge is 0.258 e. The summed E-state index contributed by atoms with van der Waals surface area (Å²) in [6, 6.07) is 16.5. The third-order valence-corrected chi connectivity index (χ3v) is 3.85. The van der Waals surface area contributed by atoms with Crippen LogP contribution in [0.3, 0.4) is 0 Å². The first-order valence-electron chi connectivity index (χ1n) is 7.98. The Kier molecular flexibility index (Phi) is 6.82. The lowest BCUT2D eigenvalue weighted by Gasteiger charge is -2.21. The van der Waals surface area contributed by atoms with E-state index in [1.807, 2.05) is 37.3 Å². The van der Waals surface area contributed by atoms with E-state index >= 15 is 0 Å². The molecule has 0 spiro atoms. The van der Waals surface area contributed by atoms with Gasteiger partial charge in [-0.25, -0.2) is 0 Å². The molecule has 0 unspecified atom stereocenters. The molecule has 1 N–H and O–H groups in total. The second-order valence-corrected chi connectivity index (χ2v) is 5.68. The van der Waals surface area contributed by atoms with Crippen LogP contribution >= 0.6 is 11.6 Å². The molecule has 2 aromatic carbocycles. The largest absolute Gasteiger partial charge is 0.326 e. The lowest BCUT2D eigenvalue weighted by molar-refractivity contribution is -0.116. The number of hydrogen-bond acceptors (Lipinski definition) is 2. The van der Waals surface area contributed by atoms with Gasteiger partial charge in [0.05, 0.1) is 0 Å². The van der Waals surface area contributed by atoms with Crippen LogP contribution in [0, 0.1) is 0 Å². The molecule has 2 aromatic rings. The monoisotopic (exact) mass is 344 g/mol. The van der Waals surface area contributed by atoms with Crippen molar-refractivity contribution in [1.82, 2.24) is 0 Å². The fourth-order valence-electron chi connectivity index (χ4n) is 2.35. The van der Waals surface area contributed by atoms with Gasteiger partial charge in [0.15, 0.2) is 0 Å². The molecule has 0 radical (unpaired) electrons. The van der Waals surface area contributed by atoms with Crippen molar-refractivity contribution in [2.24, 2.45) is 0 Å². The Balaban J connectivity index is 2.06. The summed E-state index contributed by atoms with van der Waals surface area (Å²) in [5.41, 5.74) is 2.12. The van der Waals surface area contributed by atoms with Crippen molar-refractivity contribution < 1.29 is 9.59 Å². The average Bonchev–Trinajstić information content (AvgIpc) is 2.62. The second kappa shape index (κ2) is 9.08. The first kappa shape index (κ1) is 18.0. The molecule has 24 heavy (non-hydrogen) atoms. The van der Waals surface area contributed by atoms with Gasteiger partial charge in [-0.2, -0.15) is 0 Å². The number of alkyl halides is 1. The van der Waals surface area contributed by atoms with Crippen LogP contribution in [0.4, 0.5) is 11.4 Å². The number of hydrogen-bond donors (Lipinski definition) is 1. The quantitative estimate of drug-likeness (QED) is 0.761. The Morgan fingerprint density at radius 3 is 2.29 bits per heavy atom. The maximum absolute atomic E-state index is 12.7. The normalized spacial score (nSPS) is 10.2. The summed E-state index contributed by atoms with van der Waals surface area (Å²) in [4.78, 5) is 26.1. The van der Waals surface area contributed by atoms with Crippen LogP contribution in [-0.4, -0.2) is 24.2 Å². The Morgan fingerprint density at radius 1 is 1.04 bits per heavy atom. The van der Waals surface area contributed by atoms with Crippen LogP contribution < -0.4 is 10.2 Å². The highest BCUT2D eigenvalue weighted by Crippen LogP contribution is 2.18. The van der Waals surface area contributed by atoms with Gasteiger partial charge in [0, 0.05) is 35.8 Å². The minimum absolute atomic E-state index is 0.0660. The summed E-state index contributed by atoms with van der Waals surface area (Å²) in [5, 5.41) is 2.80. The molecule has 0 aromatic heterocycles. The predicted molar refractivity (Wildman–Crippen MR) is 98.8 cm³/mol. The summed E-state index contributed by atoms with van der Waals surface area (Å²) in [7, 11) is 0. The number of anilines is 2. The molecule has 0 aliphatic carbocycles. The van der Waals surface area contributed by atoms with Gasteiger partial charge in [-0.05, 0) is 49.7 Å². The molecule has 2 amide bonds. The van der Waals surface area contributed by atoms with E-state index in [0.29, 0.717) is 36.5 Å². The minimum atomic E-state index is -0.0748. The van der Waals surface area contributed by atoms with Crippen LogP contribution in [0.2, 0.25) is 0 Å². The van der Waals surface area contributed by atoms with E-state index in [1.54, 1.807) is 29.2 Å². The molecule has 0 saturated heterocycles. The van der Waals surface area contributed by atoms with Crippen LogP contribution in [0.1, 0.15) is 30.1 Å². The number of nitrogens with zero attached hydrogens (tertiary/aromatic N) is 1. The molecule has 0 aliphatic rings. The highest BCUT2D eigenvalue weighted by Gasteiger charge is 2.15. The van der Waals surface area contributed by atoms with Crippen molar-refractivity contribution in [3.05, 3.63) is 60.2 Å². The molecular formula is C19H21ClN2O2. The molecule has 5 heteroatoms. The van der Waals surface area contributed by atoms with E-state index in [0.717, 1.165) is 5.69 Å². The van der Waals surface area contributed by atoms with Gasteiger partial charge < -0.3 is 10.2 Å². The van der Waals surface area contributed by atoms with Gasteiger partial charge in [-0.15, -0.1) is 11.6 Å². The van der Waals surface area contributed by atoms with Gasteiger partial charge in [-0.1, -0.05) is 18.2 Å². The molecule has 0 bridgehead atoms. The van der Waals surface area contributed by atoms with Crippen molar-refractivity contribution in [2.45, 2.75) is 19.8 Å². The SMILES string of the molecule is CCN(C(=O)c1ccc(NC(=O)CCCCl)cc1)c1ccccc1. The third-order valence-electron chi connectivity index (χ3n) is 3.58. The topological polar surface area (TPSA) is 49.4 Å². The number of rotatable bonds is 7. The molecule has 0 heterocycles. The van der Waals surface area contributed by atoms with Crippen LogP contribution in [0.25, 0.3) is 0 Å². The molecule has 0 saturated carbocycles. The Hall–Kier alpha value is -2.33. The zero-order chi connectivity index (χ0) is 17.4. The number of nitrogens with one attached hydrogen (secondary N) is 1.